The van der Waals surface area contributed by atoms with E-state index in [1.807, 2.05) is 36.5 Å². The smallest absolute Gasteiger partial charge is 0.141 e. The predicted molar refractivity (Wildman–Crippen MR) is 114 cm³/mol. The van der Waals surface area contributed by atoms with Crippen LogP contribution >= 0.6 is 0 Å². The van der Waals surface area contributed by atoms with E-state index in [-0.39, 0.29) is 17.7 Å². The van der Waals surface area contributed by atoms with Crippen LogP contribution in [0.3, 0.4) is 0 Å². The zero-order valence-corrected chi connectivity index (χ0v) is 17.1. The summed E-state index contributed by atoms with van der Waals surface area (Å²) in [6, 6.07) is 17.3. The van der Waals surface area contributed by atoms with Crippen LogP contribution in [0.2, 0.25) is 0 Å². The van der Waals surface area contributed by atoms with Crippen molar-refractivity contribution in [3.05, 3.63) is 89.8 Å². The summed E-state index contributed by atoms with van der Waals surface area (Å²) in [6.45, 7) is 2.82. The van der Waals surface area contributed by atoms with Crippen molar-refractivity contribution in [3.8, 4) is 0 Å². The number of aliphatic hydroxyl groups is 1. The zero-order chi connectivity index (χ0) is 20.6. The van der Waals surface area contributed by atoms with Crippen LogP contribution in [-0.2, 0) is 18.7 Å². The molecule has 2 aliphatic rings. The SMILES string of the molecule is OC1(c2nccn2Cc2ccccc2)C2CCCC1CN(Cc1ccccc1F)C2. The molecule has 1 aliphatic heterocycles. The molecule has 2 bridgehead atoms. The molecule has 3 aromatic rings. The lowest BCUT2D eigenvalue weighted by molar-refractivity contribution is -0.155. The number of hydrogen-bond acceptors (Lipinski definition) is 3. The minimum Gasteiger partial charge on any atom is -0.381 e. The summed E-state index contributed by atoms with van der Waals surface area (Å²) in [4.78, 5) is 6.96. The Morgan fingerprint density at radius 3 is 2.40 bits per heavy atom. The van der Waals surface area contributed by atoms with Gasteiger partial charge in [-0.05, 0) is 24.5 Å². The first kappa shape index (κ1) is 19.5. The average Bonchev–Trinajstić information content (AvgIpc) is 3.20. The van der Waals surface area contributed by atoms with Crippen molar-refractivity contribution in [1.82, 2.24) is 14.5 Å². The Kier molecular flexibility index (Phi) is 5.17. The highest BCUT2D eigenvalue weighted by Gasteiger charge is 2.53. The summed E-state index contributed by atoms with van der Waals surface area (Å²) in [5.74, 6) is 0.843. The maximum atomic E-state index is 14.2. The van der Waals surface area contributed by atoms with Gasteiger partial charge in [-0.15, -0.1) is 0 Å². The topological polar surface area (TPSA) is 41.3 Å². The Balaban J connectivity index is 1.40. The maximum Gasteiger partial charge on any atom is 0.141 e. The predicted octanol–water partition coefficient (Wildman–Crippen LogP) is 4.19. The normalized spacial score (nSPS) is 26.6. The highest BCUT2D eigenvalue weighted by atomic mass is 19.1. The third kappa shape index (κ3) is 3.46. The molecule has 30 heavy (non-hydrogen) atoms. The summed E-state index contributed by atoms with van der Waals surface area (Å²) in [5.41, 5.74) is 0.997. The Morgan fingerprint density at radius 2 is 1.67 bits per heavy atom. The highest BCUT2D eigenvalue weighted by molar-refractivity contribution is 5.21. The molecular formula is C25H28FN3O. The summed E-state index contributed by atoms with van der Waals surface area (Å²) in [7, 11) is 0. The monoisotopic (exact) mass is 405 g/mol. The maximum absolute atomic E-state index is 14.2. The molecule has 2 aromatic carbocycles. The molecule has 0 amide bonds. The van der Waals surface area contributed by atoms with Gasteiger partial charge >= 0.3 is 0 Å². The zero-order valence-electron chi connectivity index (χ0n) is 17.1. The number of fused-ring (bicyclic) bond motifs is 2. The minimum atomic E-state index is -0.928. The number of halogens is 1. The second kappa shape index (κ2) is 7.97. The Hall–Kier alpha value is -2.50. The van der Waals surface area contributed by atoms with Crippen LogP contribution < -0.4 is 0 Å². The molecule has 1 N–H and O–H groups in total. The molecule has 4 nitrogen and oxygen atoms in total. The van der Waals surface area contributed by atoms with Crippen molar-refractivity contribution in [3.63, 3.8) is 0 Å². The van der Waals surface area contributed by atoms with E-state index in [2.05, 4.69) is 26.6 Å². The fourth-order valence-electron chi connectivity index (χ4n) is 5.47. The van der Waals surface area contributed by atoms with Gasteiger partial charge in [0.05, 0.1) is 0 Å². The summed E-state index contributed by atoms with van der Waals surface area (Å²) in [5, 5.41) is 12.0. The van der Waals surface area contributed by atoms with E-state index in [9.17, 15) is 9.50 Å². The van der Waals surface area contributed by atoms with E-state index in [0.717, 1.165) is 43.7 Å². The first-order valence-corrected chi connectivity index (χ1v) is 10.9. The largest absolute Gasteiger partial charge is 0.381 e. The molecule has 0 spiro atoms. The second-order valence-corrected chi connectivity index (χ2v) is 8.80. The van der Waals surface area contributed by atoms with Crippen LogP contribution in [-0.4, -0.2) is 32.6 Å². The van der Waals surface area contributed by atoms with Crippen molar-refractivity contribution in [2.75, 3.05) is 13.1 Å². The Labute approximate surface area is 177 Å². The van der Waals surface area contributed by atoms with Crippen molar-refractivity contribution in [1.29, 1.82) is 0 Å². The van der Waals surface area contributed by atoms with Gasteiger partial charge < -0.3 is 9.67 Å². The molecular weight excluding hydrogens is 377 g/mol. The average molecular weight is 406 g/mol. The first-order valence-electron chi connectivity index (χ1n) is 10.9. The van der Waals surface area contributed by atoms with Crippen LogP contribution in [0, 0.1) is 17.7 Å². The second-order valence-electron chi connectivity index (χ2n) is 8.80. The van der Waals surface area contributed by atoms with Gasteiger partial charge in [-0.25, -0.2) is 9.37 Å². The van der Waals surface area contributed by atoms with Crippen molar-refractivity contribution >= 4 is 0 Å². The number of piperidine rings is 1. The van der Waals surface area contributed by atoms with Crippen LogP contribution in [0.15, 0.2) is 67.0 Å². The summed E-state index contributed by atoms with van der Waals surface area (Å²) >= 11 is 0. The molecule has 2 unspecified atom stereocenters. The minimum absolute atomic E-state index is 0.105. The van der Waals surface area contributed by atoms with Gasteiger partial charge in [-0.3, -0.25) is 4.90 Å². The molecule has 1 saturated heterocycles. The van der Waals surface area contributed by atoms with E-state index in [1.165, 1.54) is 11.6 Å². The molecule has 1 saturated carbocycles. The van der Waals surface area contributed by atoms with E-state index in [4.69, 9.17) is 0 Å². The molecule has 5 rings (SSSR count). The molecule has 2 heterocycles. The van der Waals surface area contributed by atoms with Crippen LogP contribution in [0.5, 0.6) is 0 Å². The van der Waals surface area contributed by atoms with Gasteiger partial charge in [0.2, 0.25) is 0 Å². The van der Waals surface area contributed by atoms with Gasteiger partial charge in [0, 0.05) is 56.0 Å². The van der Waals surface area contributed by atoms with E-state index in [1.54, 1.807) is 12.3 Å². The molecule has 5 heteroatoms. The molecule has 1 aromatic heterocycles. The number of benzene rings is 2. The van der Waals surface area contributed by atoms with Gasteiger partial charge in [-0.1, -0.05) is 55.0 Å². The third-order valence-electron chi connectivity index (χ3n) is 6.93. The van der Waals surface area contributed by atoms with E-state index in [0.29, 0.717) is 13.1 Å². The fraction of sp³-hybridized carbons (Fsp3) is 0.400. The van der Waals surface area contributed by atoms with Crippen LogP contribution in [0.1, 0.15) is 36.2 Å². The molecule has 2 fully saturated rings. The number of aromatic nitrogens is 2. The summed E-state index contributed by atoms with van der Waals surface area (Å²) in [6.07, 6.45) is 6.85. The number of rotatable bonds is 5. The van der Waals surface area contributed by atoms with Gasteiger partial charge in [0.15, 0.2) is 0 Å². The van der Waals surface area contributed by atoms with Gasteiger partial charge in [-0.2, -0.15) is 0 Å². The van der Waals surface area contributed by atoms with Gasteiger partial charge in [0.1, 0.15) is 17.2 Å². The molecule has 156 valence electrons. The number of hydrogen-bond donors (Lipinski definition) is 1. The van der Waals surface area contributed by atoms with Crippen LogP contribution in [0.4, 0.5) is 4.39 Å². The van der Waals surface area contributed by atoms with Crippen molar-refractivity contribution < 1.29 is 9.50 Å². The lowest BCUT2D eigenvalue weighted by Gasteiger charge is -2.52. The quantitative estimate of drug-likeness (QED) is 0.692. The Morgan fingerprint density at radius 1 is 0.967 bits per heavy atom. The lowest BCUT2D eigenvalue weighted by Crippen LogP contribution is -2.58. The number of imidazole rings is 1. The number of nitrogens with zero attached hydrogens (tertiary/aromatic N) is 3. The molecule has 2 atom stereocenters. The van der Waals surface area contributed by atoms with E-state index >= 15 is 0 Å². The number of likely N-dealkylation sites (tertiary alicyclic amines) is 1. The fourth-order valence-corrected chi connectivity index (χ4v) is 5.47. The molecule has 1 aliphatic carbocycles. The van der Waals surface area contributed by atoms with Crippen LogP contribution in [0.25, 0.3) is 0 Å². The van der Waals surface area contributed by atoms with Crippen molar-refractivity contribution in [2.24, 2.45) is 11.8 Å². The van der Waals surface area contributed by atoms with E-state index < -0.39 is 5.60 Å². The summed E-state index contributed by atoms with van der Waals surface area (Å²) < 4.78 is 16.3. The lowest BCUT2D eigenvalue weighted by atomic mass is 9.65. The Bertz CT molecular complexity index is 988. The standard InChI is InChI=1S/C25H28FN3O/c26-23-12-5-4-9-20(23)16-28-17-21-10-6-11-22(18-28)25(21,30)24-27-13-14-29(24)15-19-7-2-1-3-8-19/h1-5,7-9,12-14,21-22,30H,6,10-11,15-18H2. The van der Waals surface area contributed by atoms with Crippen molar-refractivity contribution in [2.45, 2.75) is 38.0 Å². The van der Waals surface area contributed by atoms with Gasteiger partial charge in [0.25, 0.3) is 0 Å². The highest BCUT2D eigenvalue weighted by Crippen LogP contribution is 2.49. The third-order valence-corrected chi connectivity index (χ3v) is 6.93. The first-order chi connectivity index (χ1) is 14.6. The molecule has 0 radical (unpaired) electrons.